The van der Waals surface area contributed by atoms with Gasteiger partial charge in [0.1, 0.15) is 5.54 Å². The quantitative estimate of drug-likeness (QED) is 0.626. The molecule has 0 aromatic heterocycles. The number of nitrogens with zero attached hydrogens (tertiary/aromatic N) is 2. The number of para-hydroxylation sites is 1. The van der Waals surface area contributed by atoms with Crippen LogP contribution >= 0.6 is 27.5 Å². The summed E-state index contributed by atoms with van der Waals surface area (Å²) in [5.74, 6) is -2.10. The highest BCUT2D eigenvalue weighted by Gasteiger charge is 2.74. The van der Waals surface area contributed by atoms with Gasteiger partial charge in [0, 0.05) is 16.1 Å². The van der Waals surface area contributed by atoms with Crippen molar-refractivity contribution < 1.29 is 14.4 Å². The Kier molecular flexibility index (Phi) is 3.80. The van der Waals surface area contributed by atoms with Gasteiger partial charge in [-0.1, -0.05) is 39.7 Å². The smallest absolute Gasteiger partial charge is 0.250 e. The molecule has 1 spiro atoms. The van der Waals surface area contributed by atoms with Gasteiger partial charge in [0.2, 0.25) is 11.8 Å². The molecule has 4 atom stereocenters. The molecule has 3 saturated heterocycles. The molecule has 4 aliphatic rings. The second kappa shape index (κ2) is 6.15. The van der Waals surface area contributed by atoms with E-state index < -0.39 is 17.4 Å². The molecule has 2 aromatic rings. The minimum Gasteiger partial charge on any atom is -0.323 e. The predicted molar refractivity (Wildman–Crippen MR) is 115 cm³/mol. The average molecular weight is 487 g/mol. The second-order valence-electron chi connectivity index (χ2n) is 8.28. The molecule has 6 rings (SSSR count). The first kappa shape index (κ1) is 18.5. The zero-order valence-corrected chi connectivity index (χ0v) is 18.1. The Morgan fingerprint density at radius 3 is 2.60 bits per heavy atom. The molecule has 4 heterocycles. The van der Waals surface area contributed by atoms with E-state index in [4.69, 9.17) is 11.6 Å². The number of amides is 3. The first-order valence-electron chi connectivity index (χ1n) is 9.97. The molecule has 0 saturated carbocycles. The number of fused-ring (bicyclic) bond motifs is 7. The van der Waals surface area contributed by atoms with Crippen molar-refractivity contribution in [2.75, 3.05) is 16.8 Å². The molecule has 0 radical (unpaired) electrons. The van der Waals surface area contributed by atoms with Crippen LogP contribution in [-0.2, 0) is 19.9 Å². The number of rotatable bonds is 1. The van der Waals surface area contributed by atoms with E-state index in [1.165, 1.54) is 4.90 Å². The third-order valence-corrected chi connectivity index (χ3v) is 7.91. The van der Waals surface area contributed by atoms with E-state index in [1.54, 1.807) is 36.4 Å². The van der Waals surface area contributed by atoms with E-state index in [2.05, 4.69) is 26.1 Å². The molecule has 2 aromatic carbocycles. The molecule has 30 heavy (non-hydrogen) atoms. The zero-order chi connectivity index (χ0) is 20.8. The molecule has 0 bridgehead atoms. The Morgan fingerprint density at radius 1 is 1.07 bits per heavy atom. The van der Waals surface area contributed by atoms with Crippen LogP contribution in [0.1, 0.15) is 18.4 Å². The van der Waals surface area contributed by atoms with Gasteiger partial charge in [-0.2, -0.15) is 0 Å². The number of nitrogens with one attached hydrogen (secondary N) is 1. The number of benzene rings is 2. The van der Waals surface area contributed by atoms with Crippen LogP contribution in [0.2, 0.25) is 5.02 Å². The standard InChI is InChI=1S/C22H17BrClN3O3/c23-11-6-8-12(9-7-11)27-19(28)16-15-5-2-10-26(15)22(17(16)20(27)29)13-3-1-4-14(24)18(13)25-21(22)30/h1,3-4,6-9,15-17H,2,5,10H2,(H,25,30). The maximum atomic E-state index is 13.8. The van der Waals surface area contributed by atoms with Crippen LogP contribution in [0.25, 0.3) is 0 Å². The number of hydrogen-bond donors (Lipinski definition) is 1. The molecule has 8 heteroatoms. The highest BCUT2D eigenvalue weighted by molar-refractivity contribution is 9.10. The third-order valence-electron chi connectivity index (χ3n) is 7.06. The lowest BCUT2D eigenvalue weighted by Gasteiger charge is -2.36. The van der Waals surface area contributed by atoms with Gasteiger partial charge in [0.05, 0.1) is 28.2 Å². The van der Waals surface area contributed by atoms with E-state index in [0.29, 0.717) is 28.5 Å². The van der Waals surface area contributed by atoms with Crippen molar-refractivity contribution in [1.82, 2.24) is 4.90 Å². The third kappa shape index (κ3) is 2.05. The van der Waals surface area contributed by atoms with Crippen molar-refractivity contribution in [3.8, 4) is 0 Å². The topological polar surface area (TPSA) is 69.7 Å². The van der Waals surface area contributed by atoms with Crippen molar-refractivity contribution >= 4 is 56.6 Å². The fourth-order valence-corrected chi connectivity index (χ4v) is 6.53. The van der Waals surface area contributed by atoms with E-state index in [9.17, 15) is 14.4 Å². The second-order valence-corrected chi connectivity index (χ2v) is 9.60. The number of halogens is 2. The van der Waals surface area contributed by atoms with Crippen LogP contribution in [0, 0.1) is 11.8 Å². The number of imide groups is 1. The van der Waals surface area contributed by atoms with Crippen LogP contribution < -0.4 is 10.2 Å². The molecule has 6 nitrogen and oxygen atoms in total. The van der Waals surface area contributed by atoms with Crippen LogP contribution in [0.5, 0.6) is 0 Å². The Hall–Kier alpha value is -2.22. The molecular weight excluding hydrogens is 470 g/mol. The first-order chi connectivity index (χ1) is 14.5. The molecule has 1 N–H and O–H groups in total. The highest BCUT2D eigenvalue weighted by atomic mass is 79.9. The van der Waals surface area contributed by atoms with Gasteiger partial charge in [0.15, 0.2) is 0 Å². The molecule has 0 aliphatic carbocycles. The van der Waals surface area contributed by atoms with Crippen molar-refractivity contribution in [2.45, 2.75) is 24.4 Å². The lowest BCUT2D eigenvalue weighted by Crippen LogP contribution is -2.54. The summed E-state index contributed by atoms with van der Waals surface area (Å²) >= 11 is 9.78. The maximum Gasteiger partial charge on any atom is 0.250 e. The molecule has 3 fully saturated rings. The van der Waals surface area contributed by atoms with Crippen molar-refractivity contribution in [3.05, 3.63) is 57.5 Å². The van der Waals surface area contributed by atoms with Gasteiger partial charge in [-0.3, -0.25) is 19.3 Å². The summed E-state index contributed by atoms with van der Waals surface area (Å²) in [6, 6.07) is 12.4. The molecular formula is C22H17BrClN3O3. The van der Waals surface area contributed by atoms with E-state index in [-0.39, 0.29) is 23.8 Å². The summed E-state index contributed by atoms with van der Waals surface area (Å²) in [7, 11) is 0. The number of carbonyl (C=O) groups is 3. The lowest BCUT2D eigenvalue weighted by molar-refractivity contribution is -0.135. The van der Waals surface area contributed by atoms with Gasteiger partial charge in [-0.15, -0.1) is 0 Å². The number of hydrogen-bond acceptors (Lipinski definition) is 4. The van der Waals surface area contributed by atoms with Crippen LogP contribution in [0.15, 0.2) is 46.9 Å². The molecule has 4 unspecified atom stereocenters. The van der Waals surface area contributed by atoms with E-state index >= 15 is 0 Å². The Labute approximate surface area is 186 Å². The summed E-state index contributed by atoms with van der Waals surface area (Å²) in [4.78, 5) is 44.2. The summed E-state index contributed by atoms with van der Waals surface area (Å²) in [6.07, 6.45) is 1.68. The van der Waals surface area contributed by atoms with Gasteiger partial charge >= 0.3 is 0 Å². The average Bonchev–Trinajstić information content (AvgIpc) is 3.42. The minimum atomic E-state index is -1.19. The SMILES string of the molecule is O=C1C2C3CCCN3C3(C(=O)Nc4c(Cl)cccc43)C2C(=O)N1c1ccc(Br)cc1. The van der Waals surface area contributed by atoms with Crippen molar-refractivity contribution in [2.24, 2.45) is 11.8 Å². The number of carbonyl (C=O) groups excluding carboxylic acids is 3. The van der Waals surface area contributed by atoms with Gasteiger partial charge < -0.3 is 5.32 Å². The summed E-state index contributed by atoms with van der Waals surface area (Å²) < 4.78 is 0.864. The van der Waals surface area contributed by atoms with Gasteiger partial charge in [0.25, 0.3) is 5.91 Å². The number of anilines is 2. The van der Waals surface area contributed by atoms with Crippen LogP contribution in [0.3, 0.4) is 0 Å². The van der Waals surface area contributed by atoms with Crippen molar-refractivity contribution in [3.63, 3.8) is 0 Å². The summed E-state index contributed by atoms with van der Waals surface area (Å²) in [6.45, 7) is 0.676. The van der Waals surface area contributed by atoms with E-state index in [1.807, 2.05) is 6.07 Å². The fraction of sp³-hybridized carbons (Fsp3) is 0.318. The lowest BCUT2D eigenvalue weighted by atomic mass is 9.75. The predicted octanol–water partition coefficient (Wildman–Crippen LogP) is 3.53. The first-order valence-corrected chi connectivity index (χ1v) is 11.1. The highest BCUT2D eigenvalue weighted by Crippen LogP contribution is 2.61. The zero-order valence-electron chi connectivity index (χ0n) is 15.8. The maximum absolute atomic E-state index is 13.8. The molecule has 4 aliphatic heterocycles. The fourth-order valence-electron chi connectivity index (χ4n) is 6.04. The Morgan fingerprint density at radius 2 is 1.83 bits per heavy atom. The Bertz CT molecular complexity index is 1140. The molecule has 152 valence electrons. The molecule has 3 amide bonds. The minimum absolute atomic E-state index is 0.137. The van der Waals surface area contributed by atoms with Crippen molar-refractivity contribution in [1.29, 1.82) is 0 Å². The normalized spacial score (nSPS) is 32.0. The summed E-state index contributed by atoms with van der Waals surface area (Å²) in [5.41, 5.74) is 0.603. The van der Waals surface area contributed by atoms with Crippen LogP contribution in [0.4, 0.5) is 11.4 Å². The largest absolute Gasteiger partial charge is 0.323 e. The monoisotopic (exact) mass is 485 g/mol. The van der Waals surface area contributed by atoms with Crippen LogP contribution in [-0.4, -0.2) is 35.2 Å². The summed E-state index contributed by atoms with van der Waals surface area (Å²) in [5, 5.41) is 3.36. The van der Waals surface area contributed by atoms with Gasteiger partial charge in [-0.05, 0) is 49.7 Å². The van der Waals surface area contributed by atoms with E-state index in [0.717, 1.165) is 17.3 Å². The van der Waals surface area contributed by atoms with Gasteiger partial charge in [-0.25, -0.2) is 4.90 Å². The Balaban J connectivity index is 1.56.